The van der Waals surface area contributed by atoms with Crippen molar-refractivity contribution >= 4 is 7.92 Å². The second kappa shape index (κ2) is 33.6. The SMILES string of the molecule is CCCCCCCCP(CCCCCCCC)CCCCCCCC.CCCCCCN. The number of nitrogens with two attached hydrogens (primary N) is 1. The molecule has 0 aromatic heterocycles. The van der Waals surface area contributed by atoms with Gasteiger partial charge in [0.15, 0.2) is 0 Å². The van der Waals surface area contributed by atoms with Gasteiger partial charge >= 0.3 is 0 Å². The van der Waals surface area contributed by atoms with E-state index in [1.54, 1.807) is 18.5 Å². The Balaban J connectivity index is 0. The smallest absolute Gasteiger partial charge is 0.00773 e. The van der Waals surface area contributed by atoms with Crippen LogP contribution in [0.5, 0.6) is 0 Å². The Morgan fingerprint density at radius 3 is 0.875 bits per heavy atom. The number of rotatable bonds is 25. The fraction of sp³-hybridized carbons (Fsp3) is 1.00. The van der Waals surface area contributed by atoms with Gasteiger partial charge in [-0.1, -0.05) is 143 Å². The summed E-state index contributed by atoms with van der Waals surface area (Å²) in [4.78, 5) is 0. The van der Waals surface area contributed by atoms with Crippen molar-refractivity contribution in [1.29, 1.82) is 0 Å². The summed E-state index contributed by atoms with van der Waals surface area (Å²) in [6.07, 6.45) is 36.4. The third kappa shape index (κ3) is 32.6. The third-order valence-electron chi connectivity index (χ3n) is 6.54. The Morgan fingerprint density at radius 2 is 0.594 bits per heavy atom. The zero-order chi connectivity index (χ0) is 24.0. The summed E-state index contributed by atoms with van der Waals surface area (Å²) >= 11 is 0. The summed E-state index contributed by atoms with van der Waals surface area (Å²) in [5.41, 5.74) is 5.27. The zero-order valence-corrected chi connectivity index (χ0v) is 24.3. The lowest BCUT2D eigenvalue weighted by molar-refractivity contribution is 0.617. The van der Waals surface area contributed by atoms with E-state index in [1.807, 2.05) is 0 Å². The highest BCUT2D eigenvalue weighted by atomic mass is 31.1. The first kappa shape index (κ1) is 34.6. The van der Waals surface area contributed by atoms with Crippen LogP contribution < -0.4 is 5.73 Å². The van der Waals surface area contributed by atoms with Gasteiger partial charge in [-0.15, -0.1) is 7.92 Å². The molecule has 0 amide bonds. The molecular formula is C30H66NP. The summed E-state index contributed by atoms with van der Waals surface area (Å²) in [6, 6.07) is 0. The van der Waals surface area contributed by atoms with Crippen LogP contribution in [0.4, 0.5) is 0 Å². The molecule has 0 fully saturated rings. The molecule has 0 aromatic rings. The number of unbranched alkanes of at least 4 members (excludes halogenated alkanes) is 18. The fourth-order valence-corrected chi connectivity index (χ4v) is 6.94. The van der Waals surface area contributed by atoms with Crippen LogP contribution in [0.15, 0.2) is 0 Å². The quantitative estimate of drug-likeness (QED) is 0.104. The minimum Gasteiger partial charge on any atom is -0.330 e. The number of hydrogen-bond acceptors (Lipinski definition) is 1. The van der Waals surface area contributed by atoms with Gasteiger partial charge in [-0.25, -0.2) is 0 Å². The van der Waals surface area contributed by atoms with Crippen LogP contribution in [0, 0.1) is 0 Å². The molecule has 32 heavy (non-hydrogen) atoms. The molecule has 0 unspecified atom stereocenters. The summed E-state index contributed by atoms with van der Waals surface area (Å²) in [5, 5.41) is 0. The van der Waals surface area contributed by atoms with Crippen molar-refractivity contribution < 1.29 is 0 Å². The normalized spacial score (nSPS) is 11.1. The van der Waals surface area contributed by atoms with E-state index in [0.717, 1.165) is 6.54 Å². The Bertz CT molecular complexity index is 253. The van der Waals surface area contributed by atoms with Gasteiger partial charge in [0.1, 0.15) is 0 Å². The summed E-state index contributed by atoms with van der Waals surface area (Å²) in [7, 11) is 0.366. The van der Waals surface area contributed by atoms with Crippen LogP contribution >= 0.6 is 7.92 Å². The van der Waals surface area contributed by atoms with E-state index in [0.29, 0.717) is 7.92 Å². The van der Waals surface area contributed by atoms with E-state index in [4.69, 9.17) is 5.73 Å². The maximum Gasteiger partial charge on any atom is -0.00773 e. The first-order valence-corrected chi connectivity index (χ1v) is 17.1. The van der Waals surface area contributed by atoms with E-state index < -0.39 is 0 Å². The van der Waals surface area contributed by atoms with Crippen molar-refractivity contribution in [2.45, 2.75) is 169 Å². The lowest BCUT2D eigenvalue weighted by atomic mass is 10.1. The lowest BCUT2D eigenvalue weighted by Crippen LogP contribution is -1.97. The van der Waals surface area contributed by atoms with Crippen molar-refractivity contribution in [3.05, 3.63) is 0 Å². The Hall–Kier alpha value is 0.390. The molecule has 0 rings (SSSR count). The number of hydrogen-bond donors (Lipinski definition) is 1. The monoisotopic (exact) mass is 471 g/mol. The van der Waals surface area contributed by atoms with Gasteiger partial charge in [-0.05, 0) is 50.7 Å². The van der Waals surface area contributed by atoms with E-state index in [1.165, 1.54) is 141 Å². The largest absolute Gasteiger partial charge is 0.330 e. The molecule has 0 radical (unpaired) electrons. The van der Waals surface area contributed by atoms with Crippen molar-refractivity contribution in [2.24, 2.45) is 5.73 Å². The summed E-state index contributed by atoms with van der Waals surface area (Å²) < 4.78 is 0. The molecule has 0 aromatic carbocycles. The van der Waals surface area contributed by atoms with Gasteiger partial charge in [0.25, 0.3) is 0 Å². The van der Waals surface area contributed by atoms with Crippen molar-refractivity contribution in [3.8, 4) is 0 Å². The van der Waals surface area contributed by atoms with Crippen molar-refractivity contribution in [2.75, 3.05) is 25.0 Å². The second-order valence-electron chi connectivity index (χ2n) is 9.99. The second-order valence-corrected chi connectivity index (χ2v) is 12.7. The Morgan fingerprint density at radius 1 is 0.344 bits per heavy atom. The van der Waals surface area contributed by atoms with E-state index in [9.17, 15) is 0 Å². The highest BCUT2D eigenvalue weighted by Gasteiger charge is 2.07. The molecule has 0 aliphatic carbocycles. The molecule has 2 heteroatoms. The fourth-order valence-electron chi connectivity index (χ4n) is 4.25. The molecular weight excluding hydrogens is 405 g/mol. The highest BCUT2D eigenvalue weighted by molar-refractivity contribution is 7.57. The summed E-state index contributed by atoms with van der Waals surface area (Å²) in [6.45, 7) is 10.0. The first-order valence-electron chi connectivity index (χ1n) is 15.2. The maximum absolute atomic E-state index is 5.27. The van der Waals surface area contributed by atoms with Crippen LogP contribution in [0.1, 0.15) is 169 Å². The molecule has 196 valence electrons. The molecule has 0 heterocycles. The first-order chi connectivity index (χ1) is 15.8. The van der Waals surface area contributed by atoms with Gasteiger partial charge in [0.2, 0.25) is 0 Å². The van der Waals surface area contributed by atoms with Crippen LogP contribution in [0.3, 0.4) is 0 Å². The van der Waals surface area contributed by atoms with E-state index >= 15 is 0 Å². The minimum atomic E-state index is 0.366. The van der Waals surface area contributed by atoms with Crippen molar-refractivity contribution in [1.82, 2.24) is 0 Å². The van der Waals surface area contributed by atoms with Crippen molar-refractivity contribution in [3.63, 3.8) is 0 Å². The standard InChI is InChI=1S/C24H51P.C6H15N/c1-4-7-10-13-16-19-22-25(23-20-17-14-11-8-5-2)24-21-18-15-12-9-6-3;1-2-3-4-5-6-7/h4-24H2,1-3H3;2-7H2,1H3. The molecule has 0 bridgehead atoms. The zero-order valence-electron chi connectivity index (χ0n) is 23.4. The molecule has 1 nitrogen and oxygen atoms in total. The highest BCUT2D eigenvalue weighted by Crippen LogP contribution is 2.39. The van der Waals surface area contributed by atoms with Gasteiger partial charge in [-0.2, -0.15) is 0 Å². The lowest BCUT2D eigenvalue weighted by Gasteiger charge is -2.18. The molecule has 0 aliphatic heterocycles. The summed E-state index contributed by atoms with van der Waals surface area (Å²) in [5.74, 6) is 0. The van der Waals surface area contributed by atoms with E-state index in [2.05, 4.69) is 27.7 Å². The van der Waals surface area contributed by atoms with Crippen LogP contribution in [0.2, 0.25) is 0 Å². The molecule has 0 aliphatic rings. The van der Waals surface area contributed by atoms with Gasteiger partial charge in [0, 0.05) is 0 Å². The van der Waals surface area contributed by atoms with Gasteiger partial charge in [-0.3, -0.25) is 0 Å². The van der Waals surface area contributed by atoms with E-state index in [-0.39, 0.29) is 0 Å². The molecule has 2 N–H and O–H groups in total. The molecule has 0 saturated heterocycles. The van der Waals surface area contributed by atoms with Gasteiger partial charge in [0.05, 0.1) is 0 Å². The van der Waals surface area contributed by atoms with Crippen LogP contribution in [0.25, 0.3) is 0 Å². The predicted molar refractivity (Wildman–Crippen MR) is 155 cm³/mol. The predicted octanol–water partition coefficient (Wildman–Crippen LogP) is 11.1. The molecule has 0 saturated carbocycles. The Labute approximate surface area is 207 Å². The van der Waals surface area contributed by atoms with Gasteiger partial charge < -0.3 is 5.73 Å². The third-order valence-corrected chi connectivity index (χ3v) is 9.39. The maximum atomic E-state index is 5.27. The van der Waals surface area contributed by atoms with Crippen LogP contribution in [-0.4, -0.2) is 25.0 Å². The average Bonchev–Trinajstić information content (AvgIpc) is 2.81. The van der Waals surface area contributed by atoms with Crippen LogP contribution in [-0.2, 0) is 0 Å². The Kier molecular flexibility index (Phi) is 36.2. The molecule has 0 spiro atoms. The average molecular weight is 472 g/mol. The molecule has 0 atom stereocenters. The minimum absolute atomic E-state index is 0.366. The topological polar surface area (TPSA) is 26.0 Å².